The summed E-state index contributed by atoms with van der Waals surface area (Å²) in [6, 6.07) is 14.2. The number of carbonyl (C=O) groups is 4. The van der Waals surface area contributed by atoms with Gasteiger partial charge >= 0.3 is 12.2 Å². The predicted octanol–water partition coefficient (Wildman–Crippen LogP) is 7.22. The number of methoxy groups -OCH3 is 2. The molecule has 16 heteroatoms. The Morgan fingerprint density at radius 1 is 0.789 bits per heavy atom. The lowest BCUT2D eigenvalue weighted by Gasteiger charge is -2.30. The number of carbonyl (C=O) groups excluding carboxylic acids is 4. The molecule has 2 saturated heterocycles. The average molecular weight is 819 g/mol. The van der Waals surface area contributed by atoms with E-state index in [1.807, 2.05) is 75.2 Å². The summed E-state index contributed by atoms with van der Waals surface area (Å²) in [7, 11) is 2.57. The maximum Gasteiger partial charge on any atom is 0.407 e. The van der Waals surface area contributed by atoms with Gasteiger partial charge in [-0.1, -0.05) is 87.8 Å². The van der Waals surface area contributed by atoms with Gasteiger partial charge in [0.05, 0.1) is 38.2 Å². The number of hydrogen-bond donors (Lipinski definition) is 4. The van der Waals surface area contributed by atoms with Crippen LogP contribution in [0.5, 0.6) is 0 Å². The SMILES string of the molecule is COC(=O)NC(C(=O)N1C[C@@H](SC)C[C@H]1c1ncc(-c2ccc(-c3ccc(-c4nc([C@@H]5CCCN5C(=O)[C@@H](NC(=O)OC)C(C)C)[nH]c4Cl)cc3)cc2)[nH]1)C(C)C. The number of alkyl carbamates (subject to hydrolysis) is 2. The van der Waals surface area contributed by atoms with E-state index < -0.39 is 24.3 Å². The Hall–Kier alpha value is -5.02. The number of thioether (sulfide) groups is 1. The van der Waals surface area contributed by atoms with Crippen LogP contribution < -0.4 is 10.6 Å². The van der Waals surface area contributed by atoms with Crippen molar-refractivity contribution in [1.29, 1.82) is 0 Å². The molecule has 4 aromatic rings. The van der Waals surface area contributed by atoms with Crippen molar-refractivity contribution >= 4 is 47.4 Å². The second-order valence-electron chi connectivity index (χ2n) is 15.1. The normalized spacial score (nSPS) is 19.2. The third kappa shape index (κ3) is 9.09. The molecule has 0 radical (unpaired) electrons. The van der Waals surface area contributed by atoms with Gasteiger partial charge in [0.25, 0.3) is 0 Å². The molecule has 0 bridgehead atoms. The van der Waals surface area contributed by atoms with Crippen molar-refractivity contribution in [3.8, 4) is 33.6 Å². The van der Waals surface area contributed by atoms with E-state index in [1.54, 1.807) is 22.9 Å². The van der Waals surface area contributed by atoms with E-state index in [2.05, 4.69) is 32.7 Å². The van der Waals surface area contributed by atoms with Gasteiger partial charge in [0.15, 0.2) is 0 Å². The standard InChI is InChI=1S/C41H51ClN8O6S/c1-22(2)32(46-40(53)55-5)38(51)49-18-8-9-30(49)37-45-34(35(42)48-37)27-16-12-25(13-17-27)24-10-14-26(15-11-24)29-20-43-36(44-29)31-19-28(57-7)21-50(31)39(52)33(23(3)4)47-41(54)56-6/h10-17,20,22-23,28,30-33H,8-9,18-19,21H2,1-7H3,(H,43,44)(H,45,48)(H,46,53)(H,47,54)/t28-,30-,31-,32-,33?/m0/s1. The minimum Gasteiger partial charge on any atom is -0.453 e. The lowest BCUT2D eigenvalue weighted by atomic mass is 10.0. The molecule has 2 aromatic carbocycles. The van der Waals surface area contributed by atoms with Crippen LogP contribution in [0, 0.1) is 11.8 Å². The molecule has 2 aromatic heterocycles. The molecule has 304 valence electrons. The molecule has 4 heterocycles. The van der Waals surface area contributed by atoms with Crippen molar-refractivity contribution < 1.29 is 28.7 Å². The molecule has 2 fully saturated rings. The van der Waals surface area contributed by atoms with Crippen molar-refractivity contribution in [2.75, 3.05) is 33.6 Å². The summed E-state index contributed by atoms with van der Waals surface area (Å²) in [5.41, 5.74) is 5.26. The van der Waals surface area contributed by atoms with Crippen molar-refractivity contribution in [2.45, 2.75) is 76.4 Å². The number of benzene rings is 2. The topological polar surface area (TPSA) is 175 Å². The number of imidazole rings is 2. The molecule has 4 amide bonds. The van der Waals surface area contributed by atoms with Crippen LogP contribution in [-0.2, 0) is 19.1 Å². The first-order chi connectivity index (χ1) is 27.3. The van der Waals surface area contributed by atoms with Gasteiger partial charge in [-0.2, -0.15) is 11.8 Å². The highest BCUT2D eigenvalue weighted by Crippen LogP contribution is 2.38. The molecule has 0 spiro atoms. The molecule has 2 aliphatic heterocycles. The highest BCUT2D eigenvalue weighted by Gasteiger charge is 2.42. The molecule has 6 rings (SSSR count). The Morgan fingerprint density at radius 3 is 1.88 bits per heavy atom. The summed E-state index contributed by atoms with van der Waals surface area (Å²) >= 11 is 8.42. The Balaban J connectivity index is 1.14. The van der Waals surface area contributed by atoms with Crippen LogP contribution >= 0.6 is 23.4 Å². The molecule has 0 aliphatic carbocycles. The Labute approximate surface area is 342 Å². The van der Waals surface area contributed by atoms with Crippen LogP contribution in [0.2, 0.25) is 5.15 Å². The Kier molecular flexibility index (Phi) is 13.2. The van der Waals surface area contributed by atoms with E-state index in [0.29, 0.717) is 35.6 Å². The molecule has 1 unspecified atom stereocenters. The molecular formula is C41H51ClN8O6S. The van der Waals surface area contributed by atoms with Gasteiger partial charge in [0.2, 0.25) is 11.8 Å². The molecule has 14 nitrogen and oxygen atoms in total. The number of ether oxygens (including phenoxy) is 2. The van der Waals surface area contributed by atoms with Gasteiger partial charge in [0, 0.05) is 23.9 Å². The van der Waals surface area contributed by atoms with Gasteiger partial charge in [0.1, 0.15) is 34.6 Å². The van der Waals surface area contributed by atoms with E-state index in [9.17, 15) is 19.2 Å². The van der Waals surface area contributed by atoms with E-state index in [-0.39, 0.29) is 41.0 Å². The third-order valence-electron chi connectivity index (χ3n) is 10.8. The zero-order valence-electron chi connectivity index (χ0n) is 33.3. The summed E-state index contributed by atoms with van der Waals surface area (Å²) in [4.78, 5) is 71.2. The quantitative estimate of drug-likeness (QED) is 0.115. The molecule has 2 aliphatic rings. The average Bonchev–Trinajstić information content (AvgIpc) is 4.04. The number of nitrogens with zero attached hydrogens (tertiary/aromatic N) is 4. The minimum absolute atomic E-state index is 0.127. The second-order valence-corrected chi connectivity index (χ2v) is 16.6. The van der Waals surface area contributed by atoms with Gasteiger partial charge in [-0.25, -0.2) is 19.6 Å². The lowest BCUT2D eigenvalue weighted by Crippen LogP contribution is -2.51. The van der Waals surface area contributed by atoms with Crippen LogP contribution in [0.1, 0.15) is 70.7 Å². The van der Waals surface area contributed by atoms with E-state index in [0.717, 1.165) is 47.2 Å². The van der Waals surface area contributed by atoms with Crippen LogP contribution in [0.15, 0.2) is 54.7 Å². The number of aromatic nitrogens is 4. The Bertz CT molecular complexity index is 2050. The number of H-pyrrole nitrogens is 2. The first-order valence-corrected chi connectivity index (χ1v) is 20.8. The molecule has 0 saturated carbocycles. The van der Waals surface area contributed by atoms with Crippen LogP contribution in [0.4, 0.5) is 9.59 Å². The minimum atomic E-state index is -0.726. The fraction of sp³-hybridized carbons (Fsp3) is 0.463. The fourth-order valence-electron chi connectivity index (χ4n) is 7.58. The molecule has 4 N–H and O–H groups in total. The number of aromatic amines is 2. The van der Waals surface area contributed by atoms with E-state index in [4.69, 9.17) is 31.0 Å². The number of nitrogens with one attached hydrogen (secondary N) is 4. The number of halogens is 1. The summed E-state index contributed by atoms with van der Waals surface area (Å²) in [5.74, 6) is 0.715. The predicted molar refractivity (Wildman–Crippen MR) is 220 cm³/mol. The van der Waals surface area contributed by atoms with Crippen molar-refractivity contribution in [2.24, 2.45) is 11.8 Å². The maximum atomic E-state index is 13.8. The second kappa shape index (κ2) is 18.1. The summed E-state index contributed by atoms with van der Waals surface area (Å²) < 4.78 is 9.54. The highest BCUT2D eigenvalue weighted by atomic mass is 35.5. The molecular weight excluding hydrogens is 768 g/mol. The monoisotopic (exact) mass is 818 g/mol. The summed E-state index contributed by atoms with van der Waals surface area (Å²) in [6.45, 7) is 8.67. The summed E-state index contributed by atoms with van der Waals surface area (Å²) in [6.07, 6.45) is 4.83. The smallest absolute Gasteiger partial charge is 0.407 e. The van der Waals surface area contributed by atoms with Gasteiger partial charge in [-0.3, -0.25) is 9.59 Å². The number of amides is 4. The molecule has 5 atom stereocenters. The van der Waals surface area contributed by atoms with Crippen LogP contribution in [0.3, 0.4) is 0 Å². The van der Waals surface area contributed by atoms with Crippen LogP contribution in [-0.4, -0.2) is 105 Å². The van der Waals surface area contributed by atoms with Gasteiger partial charge in [-0.15, -0.1) is 0 Å². The zero-order valence-corrected chi connectivity index (χ0v) is 34.9. The van der Waals surface area contributed by atoms with E-state index in [1.165, 1.54) is 14.2 Å². The number of likely N-dealkylation sites (tertiary alicyclic amines) is 2. The molecule has 57 heavy (non-hydrogen) atoms. The number of hydrogen-bond acceptors (Lipinski definition) is 9. The van der Waals surface area contributed by atoms with Gasteiger partial charge in [-0.05, 0) is 54.0 Å². The lowest BCUT2D eigenvalue weighted by molar-refractivity contribution is -0.136. The van der Waals surface area contributed by atoms with Gasteiger partial charge < -0.3 is 39.9 Å². The maximum absolute atomic E-state index is 13.8. The summed E-state index contributed by atoms with van der Waals surface area (Å²) in [5, 5.41) is 6.02. The number of rotatable bonds is 12. The van der Waals surface area contributed by atoms with E-state index >= 15 is 0 Å². The largest absolute Gasteiger partial charge is 0.453 e. The first kappa shape index (κ1) is 41.6. The first-order valence-electron chi connectivity index (χ1n) is 19.2. The fourth-order valence-corrected chi connectivity index (χ4v) is 8.51. The zero-order chi connectivity index (χ0) is 41.0. The van der Waals surface area contributed by atoms with Crippen molar-refractivity contribution in [3.63, 3.8) is 0 Å². The highest BCUT2D eigenvalue weighted by molar-refractivity contribution is 7.99. The Morgan fingerprint density at radius 2 is 1.33 bits per heavy atom. The van der Waals surface area contributed by atoms with Crippen molar-refractivity contribution in [3.05, 3.63) is 71.5 Å². The third-order valence-corrected chi connectivity index (χ3v) is 12.1. The van der Waals surface area contributed by atoms with Crippen LogP contribution in [0.25, 0.3) is 33.6 Å². The van der Waals surface area contributed by atoms with Crippen molar-refractivity contribution in [1.82, 2.24) is 40.4 Å².